The minimum atomic E-state index is -0.248. The Morgan fingerprint density at radius 1 is 0.933 bits per heavy atom. The van der Waals surface area contributed by atoms with Crippen LogP contribution in [0.1, 0.15) is 21.9 Å². The fourth-order valence-corrected chi connectivity index (χ4v) is 3.30. The molecule has 5 nitrogen and oxygen atoms in total. The van der Waals surface area contributed by atoms with Gasteiger partial charge in [0.05, 0.1) is 7.11 Å². The lowest BCUT2D eigenvalue weighted by Crippen LogP contribution is -2.25. The van der Waals surface area contributed by atoms with Crippen LogP contribution in [0.2, 0.25) is 0 Å². The van der Waals surface area contributed by atoms with Crippen molar-refractivity contribution >= 4 is 16.7 Å². The lowest BCUT2D eigenvalue weighted by molar-refractivity contribution is 0.0922. The van der Waals surface area contributed by atoms with Gasteiger partial charge in [-0.15, -0.1) is 0 Å². The average molecular weight is 401 g/mol. The first-order valence-electron chi connectivity index (χ1n) is 9.83. The third-order valence-corrected chi connectivity index (χ3v) is 4.86. The van der Waals surface area contributed by atoms with E-state index >= 15 is 0 Å². The van der Waals surface area contributed by atoms with Gasteiger partial charge in [-0.3, -0.25) is 4.79 Å². The number of ether oxygens (including phenoxy) is 2. The van der Waals surface area contributed by atoms with Crippen LogP contribution in [0.15, 0.2) is 83.3 Å². The van der Waals surface area contributed by atoms with Crippen LogP contribution in [0.5, 0.6) is 11.5 Å². The summed E-state index contributed by atoms with van der Waals surface area (Å²) in [6, 6.07) is 25.2. The Kier molecular flexibility index (Phi) is 5.99. The van der Waals surface area contributed by atoms with Crippen LogP contribution >= 0.6 is 0 Å². The molecule has 4 aromatic rings. The summed E-state index contributed by atoms with van der Waals surface area (Å²) >= 11 is 0. The van der Waals surface area contributed by atoms with Crippen LogP contribution in [0.4, 0.5) is 0 Å². The van der Waals surface area contributed by atoms with Crippen molar-refractivity contribution in [3.63, 3.8) is 0 Å². The molecule has 0 radical (unpaired) electrons. The molecule has 0 aliphatic carbocycles. The highest BCUT2D eigenvalue weighted by Gasteiger charge is 2.12. The van der Waals surface area contributed by atoms with Gasteiger partial charge in [-0.1, -0.05) is 48.5 Å². The number of furan rings is 1. The van der Waals surface area contributed by atoms with Crippen molar-refractivity contribution in [1.29, 1.82) is 0 Å². The predicted octanol–water partition coefficient (Wildman–Crippen LogP) is 4.99. The van der Waals surface area contributed by atoms with Crippen LogP contribution in [0.25, 0.3) is 10.8 Å². The number of benzene rings is 3. The lowest BCUT2D eigenvalue weighted by atomic mass is 10.1. The Balaban J connectivity index is 1.30. The molecule has 152 valence electrons. The second-order valence-corrected chi connectivity index (χ2v) is 6.88. The molecule has 30 heavy (non-hydrogen) atoms. The summed E-state index contributed by atoms with van der Waals surface area (Å²) in [7, 11) is 1.64. The molecule has 0 bridgehead atoms. The van der Waals surface area contributed by atoms with Gasteiger partial charge >= 0.3 is 0 Å². The van der Waals surface area contributed by atoms with Crippen LogP contribution in [-0.2, 0) is 13.0 Å². The first-order chi connectivity index (χ1) is 14.7. The van der Waals surface area contributed by atoms with Crippen LogP contribution < -0.4 is 14.8 Å². The van der Waals surface area contributed by atoms with E-state index in [4.69, 9.17) is 13.9 Å². The number of hydrogen-bond donors (Lipinski definition) is 1. The maximum absolute atomic E-state index is 12.3. The van der Waals surface area contributed by atoms with Crippen molar-refractivity contribution in [2.75, 3.05) is 13.7 Å². The topological polar surface area (TPSA) is 60.7 Å². The number of para-hydroxylation sites is 1. The molecule has 5 heteroatoms. The Labute approximate surface area is 175 Å². The molecule has 0 aliphatic rings. The first kappa shape index (κ1) is 19.6. The van der Waals surface area contributed by atoms with Gasteiger partial charge in [0, 0.05) is 6.54 Å². The van der Waals surface area contributed by atoms with Gasteiger partial charge in [0.1, 0.15) is 23.9 Å². The largest absolute Gasteiger partial charge is 0.496 e. The monoisotopic (exact) mass is 401 g/mol. The number of nitrogens with one attached hydrogen (secondary N) is 1. The van der Waals surface area contributed by atoms with E-state index in [1.807, 2.05) is 60.7 Å². The summed E-state index contributed by atoms with van der Waals surface area (Å²) in [4.78, 5) is 12.3. The average Bonchev–Trinajstić information content (AvgIpc) is 3.27. The molecule has 0 aliphatic heterocycles. The smallest absolute Gasteiger partial charge is 0.287 e. The molecule has 1 amide bonds. The fourth-order valence-electron chi connectivity index (χ4n) is 3.30. The van der Waals surface area contributed by atoms with Gasteiger partial charge in [0.15, 0.2) is 5.76 Å². The second-order valence-electron chi connectivity index (χ2n) is 6.88. The van der Waals surface area contributed by atoms with Crippen molar-refractivity contribution in [1.82, 2.24) is 5.32 Å². The maximum atomic E-state index is 12.3. The van der Waals surface area contributed by atoms with Crippen molar-refractivity contribution < 1.29 is 18.7 Å². The van der Waals surface area contributed by atoms with E-state index < -0.39 is 0 Å². The maximum Gasteiger partial charge on any atom is 0.287 e. The van der Waals surface area contributed by atoms with Crippen LogP contribution in [0, 0.1) is 0 Å². The lowest BCUT2D eigenvalue weighted by Gasteiger charge is -2.08. The molecule has 1 N–H and O–H groups in total. The van der Waals surface area contributed by atoms with E-state index in [2.05, 4.69) is 11.4 Å². The third-order valence-electron chi connectivity index (χ3n) is 4.86. The molecule has 0 saturated heterocycles. The molecule has 0 unspecified atom stereocenters. The number of rotatable bonds is 8. The molecule has 1 aromatic heterocycles. The normalized spacial score (nSPS) is 10.7. The summed E-state index contributed by atoms with van der Waals surface area (Å²) in [5.74, 6) is 2.19. The molecular weight excluding hydrogens is 378 g/mol. The summed E-state index contributed by atoms with van der Waals surface area (Å²) in [6.45, 7) is 0.746. The second kappa shape index (κ2) is 9.18. The zero-order valence-corrected chi connectivity index (χ0v) is 16.8. The molecule has 0 atom stereocenters. The Hall–Kier alpha value is -3.73. The Morgan fingerprint density at radius 3 is 2.60 bits per heavy atom. The number of carbonyl (C=O) groups excluding carboxylic acids is 1. The van der Waals surface area contributed by atoms with E-state index in [0.29, 0.717) is 18.7 Å². The number of fused-ring (bicyclic) bond motifs is 1. The number of methoxy groups -OCH3 is 1. The van der Waals surface area contributed by atoms with Gasteiger partial charge in [0.2, 0.25) is 0 Å². The zero-order valence-electron chi connectivity index (χ0n) is 16.8. The first-order valence-corrected chi connectivity index (χ1v) is 9.83. The van der Waals surface area contributed by atoms with Crippen molar-refractivity contribution in [3.8, 4) is 11.5 Å². The van der Waals surface area contributed by atoms with Gasteiger partial charge in [-0.05, 0) is 53.1 Å². The number of amides is 1. The Morgan fingerprint density at radius 2 is 1.73 bits per heavy atom. The van der Waals surface area contributed by atoms with E-state index in [9.17, 15) is 4.79 Å². The van der Waals surface area contributed by atoms with Gasteiger partial charge in [-0.25, -0.2) is 0 Å². The number of carbonyl (C=O) groups is 1. The van der Waals surface area contributed by atoms with E-state index in [0.717, 1.165) is 27.8 Å². The molecule has 3 aromatic carbocycles. The molecule has 0 fully saturated rings. The molecule has 0 saturated carbocycles. The molecule has 4 rings (SSSR count). The summed E-state index contributed by atoms with van der Waals surface area (Å²) in [6.07, 6.45) is 0.675. The number of hydrogen-bond acceptors (Lipinski definition) is 4. The summed E-state index contributed by atoms with van der Waals surface area (Å²) in [5.41, 5.74) is 1.05. The quantitative estimate of drug-likeness (QED) is 0.452. The molecule has 1 heterocycles. The standard InChI is InChI=1S/C25H23NO4/c1-28-23-9-5-4-7-19(23)14-15-26-25(27)24-13-12-22(30-24)17-29-21-11-10-18-6-2-3-8-20(18)16-21/h2-13,16H,14-15,17H2,1H3,(H,26,27). The van der Waals surface area contributed by atoms with Gasteiger partial charge in [-0.2, -0.15) is 0 Å². The molecular formula is C25H23NO4. The highest BCUT2D eigenvalue weighted by molar-refractivity contribution is 5.91. The third kappa shape index (κ3) is 4.63. The van der Waals surface area contributed by atoms with Crippen LogP contribution in [0.3, 0.4) is 0 Å². The van der Waals surface area contributed by atoms with Crippen molar-refractivity contribution in [2.24, 2.45) is 0 Å². The van der Waals surface area contributed by atoms with Crippen molar-refractivity contribution in [2.45, 2.75) is 13.0 Å². The highest BCUT2D eigenvalue weighted by Crippen LogP contribution is 2.22. The SMILES string of the molecule is COc1ccccc1CCNC(=O)c1ccc(COc2ccc3ccccc3c2)o1. The minimum absolute atomic E-state index is 0.248. The summed E-state index contributed by atoms with van der Waals surface area (Å²) < 4.78 is 16.8. The van der Waals surface area contributed by atoms with E-state index in [-0.39, 0.29) is 18.3 Å². The van der Waals surface area contributed by atoms with Crippen molar-refractivity contribution in [3.05, 3.63) is 95.9 Å². The predicted molar refractivity (Wildman–Crippen MR) is 116 cm³/mol. The zero-order chi connectivity index (χ0) is 20.8. The van der Waals surface area contributed by atoms with Gasteiger partial charge < -0.3 is 19.2 Å². The molecule has 0 spiro atoms. The summed E-state index contributed by atoms with van der Waals surface area (Å²) in [5, 5.41) is 5.15. The van der Waals surface area contributed by atoms with E-state index in [1.54, 1.807) is 19.2 Å². The highest BCUT2D eigenvalue weighted by atomic mass is 16.5. The van der Waals surface area contributed by atoms with Gasteiger partial charge in [0.25, 0.3) is 5.91 Å². The fraction of sp³-hybridized carbons (Fsp3) is 0.160. The van der Waals surface area contributed by atoms with Crippen LogP contribution in [-0.4, -0.2) is 19.6 Å². The Bertz CT molecular complexity index is 1150. The minimum Gasteiger partial charge on any atom is -0.496 e. The van der Waals surface area contributed by atoms with E-state index in [1.165, 1.54) is 0 Å².